The van der Waals surface area contributed by atoms with E-state index in [0.29, 0.717) is 0 Å². The predicted molar refractivity (Wildman–Crippen MR) is 74.7 cm³/mol. The van der Waals surface area contributed by atoms with Crippen LogP contribution in [-0.4, -0.2) is 20.2 Å². The van der Waals surface area contributed by atoms with Crippen molar-refractivity contribution in [3.63, 3.8) is 0 Å². The fourth-order valence-corrected chi connectivity index (χ4v) is 3.25. The topological polar surface area (TPSA) is 21.3 Å². The zero-order chi connectivity index (χ0) is 12.3. The van der Waals surface area contributed by atoms with Crippen molar-refractivity contribution in [1.29, 1.82) is 0 Å². The summed E-state index contributed by atoms with van der Waals surface area (Å²) in [6, 6.07) is 4.19. The standard InChI is InChI=1S/C14H20BrNO/c1-10-3-4-13(17-2)14(15)12(10)9-11-5-7-16-8-6-11/h3-4,11,16H,5-9H2,1-2H3. The minimum Gasteiger partial charge on any atom is -0.496 e. The highest BCUT2D eigenvalue weighted by molar-refractivity contribution is 9.10. The summed E-state index contributed by atoms with van der Waals surface area (Å²) in [5.41, 5.74) is 2.77. The molecule has 0 unspecified atom stereocenters. The van der Waals surface area contributed by atoms with Crippen LogP contribution in [0.4, 0.5) is 0 Å². The third-order valence-corrected chi connectivity index (χ3v) is 4.48. The van der Waals surface area contributed by atoms with Crippen LogP contribution in [0.3, 0.4) is 0 Å². The number of nitrogens with one attached hydrogen (secondary N) is 1. The SMILES string of the molecule is COc1ccc(C)c(CC2CCNCC2)c1Br. The van der Waals surface area contributed by atoms with Gasteiger partial charge in [0.15, 0.2) is 0 Å². The molecule has 1 aliphatic heterocycles. The highest BCUT2D eigenvalue weighted by Gasteiger charge is 2.17. The first-order chi connectivity index (χ1) is 8.22. The van der Waals surface area contributed by atoms with E-state index in [1.165, 1.54) is 24.0 Å². The van der Waals surface area contributed by atoms with Gasteiger partial charge in [0.1, 0.15) is 5.75 Å². The van der Waals surface area contributed by atoms with Gasteiger partial charge in [0.25, 0.3) is 0 Å². The lowest BCUT2D eigenvalue weighted by Gasteiger charge is -2.24. The van der Waals surface area contributed by atoms with Crippen molar-refractivity contribution < 1.29 is 4.74 Å². The predicted octanol–water partition coefficient (Wildman–Crippen LogP) is 3.31. The smallest absolute Gasteiger partial charge is 0.133 e. The maximum atomic E-state index is 5.37. The molecule has 0 bridgehead atoms. The van der Waals surface area contributed by atoms with Gasteiger partial charge in [0.05, 0.1) is 11.6 Å². The maximum Gasteiger partial charge on any atom is 0.133 e. The minimum atomic E-state index is 0.804. The summed E-state index contributed by atoms with van der Waals surface area (Å²) in [6.45, 7) is 4.50. The van der Waals surface area contributed by atoms with Crippen molar-refractivity contribution in [2.75, 3.05) is 20.2 Å². The third-order valence-electron chi connectivity index (χ3n) is 3.61. The molecule has 0 amide bonds. The highest BCUT2D eigenvalue weighted by Crippen LogP contribution is 2.33. The molecule has 0 aliphatic carbocycles. The van der Waals surface area contributed by atoms with Crippen molar-refractivity contribution >= 4 is 15.9 Å². The van der Waals surface area contributed by atoms with Gasteiger partial charge in [0, 0.05) is 0 Å². The van der Waals surface area contributed by atoms with E-state index >= 15 is 0 Å². The van der Waals surface area contributed by atoms with Crippen molar-refractivity contribution in [1.82, 2.24) is 5.32 Å². The lowest BCUT2D eigenvalue weighted by Crippen LogP contribution is -2.28. The van der Waals surface area contributed by atoms with Crippen LogP contribution in [-0.2, 0) is 6.42 Å². The number of methoxy groups -OCH3 is 1. The molecule has 0 spiro atoms. The van der Waals surface area contributed by atoms with Crippen molar-refractivity contribution in [2.24, 2.45) is 5.92 Å². The number of ether oxygens (including phenoxy) is 1. The molecule has 1 aromatic carbocycles. The quantitative estimate of drug-likeness (QED) is 0.924. The Morgan fingerprint density at radius 2 is 2.06 bits per heavy atom. The van der Waals surface area contributed by atoms with Gasteiger partial charge in [-0.25, -0.2) is 0 Å². The van der Waals surface area contributed by atoms with E-state index in [0.717, 1.165) is 35.7 Å². The molecule has 1 saturated heterocycles. The second-order valence-corrected chi connectivity index (χ2v) is 5.57. The summed E-state index contributed by atoms with van der Waals surface area (Å²) >= 11 is 3.68. The van der Waals surface area contributed by atoms with Gasteiger partial charge >= 0.3 is 0 Å². The minimum absolute atomic E-state index is 0.804. The molecule has 17 heavy (non-hydrogen) atoms. The third kappa shape index (κ3) is 3.02. The number of hydrogen-bond acceptors (Lipinski definition) is 2. The van der Waals surface area contributed by atoms with Crippen LogP contribution >= 0.6 is 15.9 Å². The van der Waals surface area contributed by atoms with E-state index in [4.69, 9.17) is 4.74 Å². The van der Waals surface area contributed by atoms with Crippen LogP contribution in [0.1, 0.15) is 24.0 Å². The second-order valence-electron chi connectivity index (χ2n) is 4.77. The molecule has 2 rings (SSSR count). The van der Waals surface area contributed by atoms with Crippen LogP contribution in [0.25, 0.3) is 0 Å². The van der Waals surface area contributed by atoms with E-state index < -0.39 is 0 Å². The lowest BCUT2D eigenvalue weighted by molar-refractivity contribution is 0.370. The number of hydrogen-bond donors (Lipinski definition) is 1. The van der Waals surface area contributed by atoms with Gasteiger partial charge in [-0.05, 0) is 78.3 Å². The Labute approximate surface area is 112 Å². The molecule has 0 saturated carbocycles. The highest BCUT2D eigenvalue weighted by atomic mass is 79.9. The largest absolute Gasteiger partial charge is 0.496 e. The Hall–Kier alpha value is -0.540. The molecule has 0 aromatic heterocycles. The number of rotatable bonds is 3. The van der Waals surface area contributed by atoms with Gasteiger partial charge in [-0.1, -0.05) is 6.07 Å². The molecule has 3 heteroatoms. The Kier molecular flexibility index (Phi) is 4.46. The van der Waals surface area contributed by atoms with Gasteiger partial charge < -0.3 is 10.1 Å². The van der Waals surface area contributed by atoms with E-state index in [-0.39, 0.29) is 0 Å². The molecule has 94 valence electrons. The van der Waals surface area contributed by atoms with Gasteiger partial charge in [-0.15, -0.1) is 0 Å². The van der Waals surface area contributed by atoms with Gasteiger partial charge in [-0.2, -0.15) is 0 Å². The van der Waals surface area contributed by atoms with Crippen molar-refractivity contribution in [3.05, 3.63) is 27.7 Å². The normalized spacial score (nSPS) is 17.1. The van der Waals surface area contributed by atoms with Crippen LogP contribution in [0.2, 0.25) is 0 Å². The maximum absolute atomic E-state index is 5.37. The fourth-order valence-electron chi connectivity index (χ4n) is 2.48. The van der Waals surface area contributed by atoms with E-state index in [1.807, 2.05) is 6.07 Å². The van der Waals surface area contributed by atoms with E-state index in [1.54, 1.807) is 7.11 Å². The summed E-state index contributed by atoms with van der Waals surface area (Å²) in [5.74, 6) is 1.75. The first-order valence-electron chi connectivity index (χ1n) is 6.25. The fraction of sp³-hybridized carbons (Fsp3) is 0.571. The summed E-state index contributed by atoms with van der Waals surface area (Å²) in [4.78, 5) is 0. The van der Waals surface area contributed by atoms with E-state index in [9.17, 15) is 0 Å². The van der Waals surface area contributed by atoms with Gasteiger partial charge in [-0.3, -0.25) is 0 Å². The van der Waals surface area contributed by atoms with Crippen LogP contribution in [0, 0.1) is 12.8 Å². The zero-order valence-electron chi connectivity index (χ0n) is 10.6. The Balaban J connectivity index is 2.18. The molecule has 1 aromatic rings. The summed E-state index contributed by atoms with van der Waals surface area (Å²) in [5, 5.41) is 3.42. The number of halogens is 1. The number of aryl methyl sites for hydroxylation is 1. The van der Waals surface area contributed by atoms with Crippen LogP contribution in [0.15, 0.2) is 16.6 Å². The summed E-state index contributed by atoms with van der Waals surface area (Å²) < 4.78 is 6.51. The lowest BCUT2D eigenvalue weighted by atomic mass is 9.89. The van der Waals surface area contributed by atoms with E-state index in [2.05, 4.69) is 34.2 Å². The second kappa shape index (κ2) is 5.87. The van der Waals surface area contributed by atoms with Crippen LogP contribution < -0.4 is 10.1 Å². The monoisotopic (exact) mass is 297 g/mol. The Morgan fingerprint density at radius 1 is 1.35 bits per heavy atom. The molecule has 2 nitrogen and oxygen atoms in total. The zero-order valence-corrected chi connectivity index (χ0v) is 12.1. The molecule has 1 fully saturated rings. The first-order valence-corrected chi connectivity index (χ1v) is 7.04. The molecule has 1 N–H and O–H groups in total. The Morgan fingerprint density at radius 3 is 2.71 bits per heavy atom. The number of piperidine rings is 1. The van der Waals surface area contributed by atoms with Gasteiger partial charge in [0.2, 0.25) is 0 Å². The van der Waals surface area contributed by atoms with Crippen LogP contribution in [0.5, 0.6) is 5.75 Å². The molecule has 0 radical (unpaired) electrons. The summed E-state index contributed by atoms with van der Waals surface area (Å²) in [6.07, 6.45) is 3.72. The molecule has 0 atom stereocenters. The average molecular weight is 298 g/mol. The number of benzene rings is 1. The first kappa shape index (κ1) is 12.9. The van der Waals surface area contributed by atoms with Crippen molar-refractivity contribution in [2.45, 2.75) is 26.2 Å². The molecular formula is C14H20BrNO. The summed E-state index contributed by atoms with van der Waals surface area (Å²) in [7, 11) is 1.73. The Bertz CT molecular complexity index is 386. The molecular weight excluding hydrogens is 278 g/mol. The molecule has 1 heterocycles. The molecule has 1 aliphatic rings. The van der Waals surface area contributed by atoms with Crippen molar-refractivity contribution in [3.8, 4) is 5.75 Å². The average Bonchev–Trinajstić information content (AvgIpc) is 2.36.